The zero-order chi connectivity index (χ0) is 20.5. The monoisotopic (exact) mass is 398 g/mol. The molecule has 0 atom stereocenters. The molecule has 0 unspecified atom stereocenters. The van der Waals surface area contributed by atoms with E-state index in [1.54, 1.807) is 13.4 Å². The molecule has 1 aromatic carbocycles. The molecule has 6 nitrogen and oxygen atoms in total. The Morgan fingerprint density at radius 2 is 1.97 bits per heavy atom. The predicted octanol–water partition coefficient (Wildman–Crippen LogP) is 3.95. The second-order valence-electron chi connectivity index (χ2n) is 8.06. The standard InChI is InChI=1S/C23H34N4O2/c1-18-6-8-19(9-7-18)21-27-20(16-29-21)10-14-25-22(24-2)26-17-23(13-15-28-3)11-4-5-12-23/h6-9,16H,4-5,10-15,17H2,1-3H3,(H2,24,25,26). The maximum absolute atomic E-state index is 5.64. The first kappa shape index (κ1) is 21.4. The SMILES string of the molecule is CN=C(NCCc1coc(-c2ccc(C)cc2)n1)NCC1(CCOC)CCCC1. The van der Waals surface area contributed by atoms with E-state index >= 15 is 0 Å². The summed E-state index contributed by atoms with van der Waals surface area (Å²) in [4.78, 5) is 8.98. The van der Waals surface area contributed by atoms with Crippen LogP contribution in [0, 0.1) is 12.3 Å². The van der Waals surface area contributed by atoms with Crippen LogP contribution in [0.2, 0.25) is 0 Å². The average Bonchev–Trinajstić information content (AvgIpc) is 3.40. The van der Waals surface area contributed by atoms with Gasteiger partial charge in [0.25, 0.3) is 0 Å². The molecular weight excluding hydrogens is 364 g/mol. The van der Waals surface area contributed by atoms with Crippen molar-refractivity contribution < 1.29 is 9.15 Å². The minimum absolute atomic E-state index is 0.336. The van der Waals surface area contributed by atoms with E-state index in [1.807, 2.05) is 19.2 Å². The van der Waals surface area contributed by atoms with Gasteiger partial charge in [0.1, 0.15) is 6.26 Å². The van der Waals surface area contributed by atoms with Crippen molar-refractivity contribution >= 4 is 5.96 Å². The highest BCUT2D eigenvalue weighted by Crippen LogP contribution is 2.40. The summed E-state index contributed by atoms with van der Waals surface area (Å²) in [7, 11) is 3.60. The molecule has 0 aliphatic heterocycles. The lowest BCUT2D eigenvalue weighted by Gasteiger charge is -2.29. The molecule has 0 amide bonds. The van der Waals surface area contributed by atoms with Crippen molar-refractivity contribution in [3.05, 3.63) is 41.8 Å². The van der Waals surface area contributed by atoms with E-state index in [9.17, 15) is 0 Å². The Balaban J connectivity index is 1.46. The van der Waals surface area contributed by atoms with Gasteiger partial charge in [-0.1, -0.05) is 30.5 Å². The van der Waals surface area contributed by atoms with E-state index in [4.69, 9.17) is 9.15 Å². The van der Waals surface area contributed by atoms with Gasteiger partial charge in [-0.3, -0.25) is 4.99 Å². The van der Waals surface area contributed by atoms with Crippen molar-refractivity contribution in [1.29, 1.82) is 0 Å². The molecular formula is C23H34N4O2. The lowest BCUT2D eigenvalue weighted by atomic mass is 9.83. The smallest absolute Gasteiger partial charge is 0.226 e. The van der Waals surface area contributed by atoms with Gasteiger partial charge in [0.2, 0.25) is 5.89 Å². The Bertz CT molecular complexity index is 776. The Morgan fingerprint density at radius 1 is 1.21 bits per heavy atom. The van der Waals surface area contributed by atoms with Crippen molar-refractivity contribution in [1.82, 2.24) is 15.6 Å². The molecule has 2 aromatic rings. The van der Waals surface area contributed by atoms with Crippen molar-refractivity contribution in [2.75, 3.05) is 33.9 Å². The summed E-state index contributed by atoms with van der Waals surface area (Å²) >= 11 is 0. The molecule has 0 spiro atoms. The number of ether oxygens (including phenoxy) is 1. The van der Waals surface area contributed by atoms with E-state index in [0.717, 1.165) is 49.8 Å². The molecule has 1 heterocycles. The highest BCUT2D eigenvalue weighted by Gasteiger charge is 2.33. The molecule has 3 rings (SSSR count). The average molecular weight is 399 g/mol. The number of hydrogen-bond acceptors (Lipinski definition) is 4. The fraction of sp³-hybridized carbons (Fsp3) is 0.565. The van der Waals surface area contributed by atoms with Crippen molar-refractivity contribution in [2.24, 2.45) is 10.4 Å². The number of methoxy groups -OCH3 is 1. The lowest BCUT2D eigenvalue weighted by Crippen LogP contribution is -2.43. The zero-order valence-electron chi connectivity index (χ0n) is 18.0. The predicted molar refractivity (Wildman–Crippen MR) is 117 cm³/mol. The minimum atomic E-state index is 0.336. The number of guanidine groups is 1. The van der Waals surface area contributed by atoms with Gasteiger partial charge in [-0.25, -0.2) is 4.98 Å². The number of hydrogen-bond donors (Lipinski definition) is 2. The molecule has 2 N–H and O–H groups in total. The van der Waals surface area contributed by atoms with Crippen LogP contribution in [0.5, 0.6) is 0 Å². The van der Waals surface area contributed by atoms with Crippen molar-refractivity contribution in [3.63, 3.8) is 0 Å². The highest BCUT2D eigenvalue weighted by molar-refractivity contribution is 5.79. The third-order valence-electron chi connectivity index (χ3n) is 5.88. The van der Waals surface area contributed by atoms with Crippen molar-refractivity contribution in [2.45, 2.75) is 45.4 Å². The normalized spacial score (nSPS) is 16.2. The van der Waals surface area contributed by atoms with Gasteiger partial charge in [0.05, 0.1) is 5.69 Å². The number of nitrogens with zero attached hydrogens (tertiary/aromatic N) is 2. The van der Waals surface area contributed by atoms with E-state index in [2.05, 4.69) is 39.7 Å². The van der Waals surface area contributed by atoms with Crippen LogP contribution in [0.15, 0.2) is 39.9 Å². The third-order valence-corrected chi connectivity index (χ3v) is 5.88. The molecule has 1 aromatic heterocycles. The first-order chi connectivity index (χ1) is 14.1. The van der Waals surface area contributed by atoms with Crippen molar-refractivity contribution in [3.8, 4) is 11.5 Å². The molecule has 1 aliphatic rings. The van der Waals surface area contributed by atoms with Gasteiger partial charge in [0.15, 0.2) is 5.96 Å². The molecule has 1 fully saturated rings. The number of aliphatic imine (C=N–C) groups is 1. The van der Waals surface area contributed by atoms with Crippen LogP contribution >= 0.6 is 0 Å². The van der Waals surface area contributed by atoms with Crippen LogP contribution in [0.1, 0.15) is 43.4 Å². The molecule has 1 saturated carbocycles. The largest absolute Gasteiger partial charge is 0.444 e. The van der Waals surface area contributed by atoms with Crippen LogP contribution in [-0.4, -0.2) is 44.8 Å². The van der Waals surface area contributed by atoms with Crippen LogP contribution < -0.4 is 10.6 Å². The Morgan fingerprint density at radius 3 is 2.66 bits per heavy atom. The number of oxazole rings is 1. The third kappa shape index (κ3) is 6.07. The number of aromatic nitrogens is 1. The maximum atomic E-state index is 5.64. The second-order valence-corrected chi connectivity index (χ2v) is 8.06. The Labute approximate surface area is 174 Å². The van der Waals surface area contributed by atoms with Crippen LogP contribution in [0.3, 0.4) is 0 Å². The van der Waals surface area contributed by atoms with E-state index in [0.29, 0.717) is 11.3 Å². The molecule has 29 heavy (non-hydrogen) atoms. The summed E-state index contributed by atoms with van der Waals surface area (Å²) in [6, 6.07) is 8.22. The van der Waals surface area contributed by atoms with Crippen LogP contribution in [0.25, 0.3) is 11.5 Å². The maximum Gasteiger partial charge on any atom is 0.226 e. The quantitative estimate of drug-likeness (QED) is 0.494. The van der Waals surface area contributed by atoms with Gasteiger partial charge < -0.3 is 19.8 Å². The Hall–Kier alpha value is -2.34. The molecule has 0 bridgehead atoms. The van der Waals surface area contributed by atoms with Crippen LogP contribution in [-0.2, 0) is 11.2 Å². The molecule has 0 saturated heterocycles. The Kier molecular flexibility index (Phi) is 7.69. The number of rotatable bonds is 9. The van der Waals surface area contributed by atoms with E-state index in [-0.39, 0.29) is 0 Å². The number of aryl methyl sites for hydroxylation is 1. The van der Waals surface area contributed by atoms with Gasteiger partial charge in [0, 0.05) is 45.8 Å². The van der Waals surface area contributed by atoms with E-state index < -0.39 is 0 Å². The summed E-state index contributed by atoms with van der Waals surface area (Å²) in [5.41, 5.74) is 3.51. The van der Waals surface area contributed by atoms with Gasteiger partial charge in [-0.15, -0.1) is 0 Å². The lowest BCUT2D eigenvalue weighted by molar-refractivity contribution is 0.138. The van der Waals surface area contributed by atoms with Gasteiger partial charge in [-0.2, -0.15) is 0 Å². The fourth-order valence-electron chi connectivity index (χ4n) is 4.01. The van der Waals surface area contributed by atoms with E-state index in [1.165, 1.54) is 31.2 Å². The fourth-order valence-corrected chi connectivity index (χ4v) is 4.01. The van der Waals surface area contributed by atoms with Crippen LogP contribution in [0.4, 0.5) is 0 Å². The zero-order valence-corrected chi connectivity index (χ0v) is 18.0. The summed E-state index contributed by atoms with van der Waals surface area (Å²) in [5, 5.41) is 6.92. The highest BCUT2D eigenvalue weighted by atomic mass is 16.5. The molecule has 1 aliphatic carbocycles. The topological polar surface area (TPSA) is 71.7 Å². The number of nitrogens with one attached hydrogen (secondary N) is 2. The first-order valence-electron chi connectivity index (χ1n) is 10.6. The summed E-state index contributed by atoms with van der Waals surface area (Å²) in [6.07, 6.45) is 8.78. The second kappa shape index (κ2) is 10.4. The van der Waals surface area contributed by atoms with Gasteiger partial charge in [-0.05, 0) is 43.7 Å². The summed E-state index contributed by atoms with van der Waals surface area (Å²) in [6.45, 7) is 4.59. The molecule has 6 heteroatoms. The first-order valence-corrected chi connectivity index (χ1v) is 10.6. The summed E-state index contributed by atoms with van der Waals surface area (Å²) < 4.78 is 11.0. The van der Waals surface area contributed by atoms with Gasteiger partial charge >= 0.3 is 0 Å². The molecule has 158 valence electrons. The minimum Gasteiger partial charge on any atom is -0.444 e. The number of benzene rings is 1. The summed E-state index contributed by atoms with van der Waals surface area (Å²) in [5.74, 6) is 1.51. The molecule has 0 radical (unpaired) electrons.